The van der Waals surface area contributed by atoms with Crippen molar-refractivity contribution in [1.82, 2.24) is 5.32 Å². The molecule has 1 saturated carbocycles. The Morgan fingerprint density at radius 1 is 1.64 bits per heavy atom. The van der Waals surface area contributed by atoms with E-state index in [1.165, 1.54) is 0 Å². The molecule has 62 valence electrons. The summed E-state index contributed by atoms with van der Waals surface area (Å²) in [5.74, 6) is 1.39. The first-order chi connectivity index (χ1) is 5.29. The van der Waals surface area contributed by atoms with Gasteiger partial charge in [-0.2, -0.15) is 0 Å². The summed E-state index contributed by atoms with van der Waals surface area (Å²) < 4.78 is 0. The maximum atomic E-state index is 11.1. The Hall–Kier alpha value is -0.570. The van der Waals surface area contributed by atoms with Crippen LogP contribution in [0.25, 0.3) is 0 Å². The van der Waals surface area contributed by atoms with E-state index in [1.54, 1.807) is 0 Å². The highest BCUT2D eigenvalue weighted by molar-refractivity contribution is 5.85. The minimum Gasteiger partial charge on any atom is -0.394 e. The number of amides is 1. The highest BCUT2D eigenvalue weighted by Gasteiger charge is 2.61. The second-order valence-corrected chi connectivity index (χ2v) is 3.47. The van der Waals surface area contributed by atoms with Crippen molar-refractivity contribution in [2.45, 2.75) is 19.4 Å². The van der Waals surface area contributed by atoms with Crippen molar-refractivity contribution in [2.24, 2.45) is 17.8 Å². The van der Waals surface area contributed by atoms with Crippen LogP contribution in [0.15, 0.2) is 0 Å². The van der Waals surface area contributed by atoms with Crippen molar-refractivity contribution < 1.29 is 9.90 Å². The van der Waals surface area contributed by atoms with Crippen LogP contribution >= 0.6 is 0 Å². The largest absolute Gasteiger partial charge is 0.394 e. The van der Waals surface area contributed by atoms with E-state index in [4.69, 9.17) is 5.11 Å². The second-order valence-electron chi connectivity index (χ2n) is 3.47. The zero-order valence-corrected chi connectivity index (χ0v) is 6.58. The zero-order chi connectivity index (χ0) is 8.01. The fraction of sp³-hybridized carbons (Fsp3) is 0.875. The van der Waals surface area contributed by atoms with Crippen LogP contribution in [0.4, 0.5) is 0 Å². The van der Waals surface area contributed by atoms with Crippen LogP contribution in [-0.2, 0) is 4.79 Å². The Bertz CT molecular complexity index is 193. The van der Waals surface area contributed by atoms with Crippen molar-refractivity contribution in [3.8, 4) is 0 Å². The molecule has 0 spiro atoms. The fourth-order valence-corrected chi connectivity index (χ4v) is 2.39. The third-order valence-corrected chi connectivity index (χ3v) is 2.99. The molecule has 4 atom stereocenters. The molecule has 2 aliphatic rings. The van der Waals surface area contributed by atoms with Crippen molar-refractivity contribution in [3.63, 3.8) is 0 Å². The predicted octanol–water partition coefficient (Wildman–Crippen LogP) is -0.251. The molecule has 11 heavy (non-hydrogen) atoms. The Labute approximate surface area is 65.8 Å². The van der Waals surface area contributed by atoms with E-state index in [-0.39, 0.29) is 24.5 Å². The number of aliphatic hydroxyl groups is 1. The lowest BCUT2D eigenvalue weighted by Gasteiger charge is -2.11. The molecule has 1 aliphatic heterocycles. The van der Waals surface area contributed by atoms with Gasteiger partial charge >= 0.3 is 0 Å². The van der Waals surface area contributed by atoms with Crippen LogP contribution in [0.1, 0.15) is 13.3 Å². The van der Waals surface area contributed by atoms with Crippen LogP contribution in [0, 0.1) is 17.8 Å². The van der Waals surface area contributed by atoms with E-state index in [9.17, 15) is 4.79 Å². The Morgan fingerprint density at radius 2 is 2.36 bits per heavy atom. The lowest BCUT2D eigenvalue weighted by Crippen LogP contribution is -2.34. The summed E-state index contributed by atoms with van der Waals surface area (Å²) in [6.45, 7) is 2.20. The Balaban J connectivity index is 2.06. The first-order valence-electron chi connectivity index (χ1n) is 4.20. The second kappa shape index (κ2) is 2.21. The number of hydrogen-bond acceptors (Lipinski definition) is 2. The quantitative estimate of drug-likeness (QED) is 0.577. The van der Waals surface area contributed by atoms with Crippen LogP contribution in [-0.4, -0.2) is 23.7 Å². The number of aliphatic hydroxyl groups excluding tert-OH is 1. The lowest BCUT2D eigenvalue weighted by molar-refractivity contribution is -0.121. The predicted molar refractivity (Wildman–Crippen MR) is 39.8 cm³/mol. The minimum atomic E-state index is 0.0532. The first-order valence-corrected chi connectivity index (χ1v) is 4.20. The van der Waals surface area contributed by atoms with Gasteiger partial charge in [0.15, 0.2) is 0 Å². The van der Waals surface area contributed by atoms with Gasteiger partial charge in [0.1, 0.15) is 0 Å². The molecule has 0 bridgehead atoms. The van der Waals surface area contributed by atoms with Crippen LogP contribution in [0.5, 0.6) is 0 Å². The third kappa shape index (κ3) is 0.805. The monoisotopic (exact) mass is 155 g/mol. The minimum absolute atomic E-state index is 0.0532. The number of carbonyl (C=O) groups is 1. The number of hydrogen-bond donors (Lipinski definition) is 2. The van der Waals surface area contributed by atoms with E-state index in [0.29, 0.717) is 11.8 Å². The van der Waals surface area contributed by atoms with Gasteiger partial charge in [-0.05, 0) is 11.8 Å². The number of carbonyl (C=O) groups excluding carboxylic acids is 1. The summed E-state index contributed by atoms with van der Waals surface area (Å²) in [5.41, 5.74) is 0. The molecule has 3 heteroatoms. The van der Waals surface area contributed by atoms with Gasteiger partial charge in [-0.15, -0.1) is 0 Å². The Morgan fingerprint density at radius 3 is 2.82 bits per heavy atom. The lowest BCUT2D eigenvalue weighted by atomic mass is 10.1. The summed E-state index contributed by atoms with van der Waals surface area (Å²) in [4.78, 5) is 11.1. The molecule has 0 aromatic carbocycles. The van der Waals surface area contributed by atoms with Crippen molar-refractivity contribution in [2.75, 3.05) is 6.61 Å². The molecule has 2 rings (SSSR count). The topological polar surface area (TPSA) is 49.3 Å². The standard InChI is InChI=1S/C8H13NO2/c1-2-4-6-5(3-10)9-8(11)7(4)6/h4-7,10H,2-3H2,1H3,(H,9,11)/t4-,5-,6-,7-/m1/s1. The molecule has 0 unspecified atom stereocenters. The molecule has 1 saturated heterocycles. The van der Waals surface area contributed by atoms with E-state index < -0.39 is 0 Å². The third-order valence-electron chi connectivity index (χ3n) is 2.99. The van der Waals surface area contributed by atoms with Gasteiger partial charge < -0.3 is 10.4 Å². The molecule has 1 amide bonds. The van der Waals surface area contributed by atoms with Gasteiger partial charge in [0.25, 0.3) is 0 Å². The van der Waals surface area contributed by atoms with Crippen LogP contribution in [0.2, 0.25) is 0 Å². The molecule has 1 heterocycles. The molecule has 2 N–H and O–H groups in total. The Kier molecular flexibility index (Phi) is 1.42. The summed E-state index contributed by atoms with van der Waals surface area (Å²) in [6.07, 6.45) is 1.07. The van der Waals surface area contributed by atoms with E-state index in [1.807, 2.05) is 0 Å². The molecule has 0 aromatic rings. The van der Waals surface area contributed by atoms with Crippen LogP contribution in [0.3, 0.4) is 0 Å². The number of fused-ring (bicyclic) bond motifs is 1. The highest BCUT2D eigenvalue weighted by Crippen LogP contribution is 2.54. The molecule has 0 aromatic heterocycles. The molecular weight excluding hydrogens is 142 g/mol. The highest BCUT2D eigenvalue weighted by atomic mass is 16.3. The van der Waals surface area contributed by atoms with Gasteiger partial charge in [-0.3, -0.25) is 4.79 Å². The summed E-state index contributed by atoms with van der Waals surface area (Å²) in [6, 6.07) is 0.0532. The average Bonchev–Trinajstić information content (AvgIpc) is 2.65. The summed E-state index contributed by atoms with van der Waals surface area (Å²) in [7, 11) is 0. The SMILES string of the molecule is CC[C@H]1[C@H]2C(=O)N[C@H](CO)[C@@H]12. The fourth-order valence-electron chi connectivity index (χ4n) is 2.39. The van der Waals surface area contributed by atoms with Crippen molar-refractivity contribution in [3.05, 3.63) is 0 Å². The van der Waals surface area contributed by atoms with Gasteiger partial charge in [0, 0.05) is 5.92 Å². The maximum Gasteiger partial charge on any atom is 0.224 e. The smallest absolute Gasteiger partial charge is 0.224 e. The van der Waals surface area contributed by atoms with Gasteiger partial charge in [-0.1, -0.05) is 13.3 Å². The van der Waals surface area contributed by atoms with Gasteiger partial charge in [-0.25, -0.2) is 0 Å². The van der Waals surface area contributed by atoms with Gasteiger partial charge in [0.2, 0.25) is 5.91 Å². The normalized spacial score (nSPS) is 46.9. The number of rotatable bonds is 2. The molecule has 2 fully saturated rings. The van der Waals surface area contributed by atoms with Gasteiger partial charge in [0.05, 0.1) is 12.6 Å². The summed E-state index contributed by atoms with van der Waals surface area (Å²) in [5, 5.41) is 11.7. The van der Waals surface area contributed by atoms with Crippen molar-refractivity contribution in [1.29, 1.82) is 0 Å². The molecule has 3 nitrogen and oxygen atoms in total. The first kappa shape index (κ1) is 7.10. The zero-order valence-electron chi connectivity index (χ0n) is 6.58. The summed E-state index contributed by atoms with van der Waals surface area (Å²) >= 11 is 0. The maximum absolute atomic E-state index is 11.1. The molecular formula is C8H13NO2. The number of piperidine rings is 1. The van der Waals surface area contributed by atoms with E-state index in [0.717, 1.165) is 6.42 Å². The number of nitrogens with one attached hydrogen (secondary N) is 1. The van der Waals surface area contributed by atoms with Crippen LogP contribution < -0.4 is 5.32 Å². The van der Waals surface area contributed by atoms with E-state index in [2.05, 4.69) is 12.2 Å². The van der Waals surface area contributed by atoms with Crippen molar-refractivity contribution >= 4 is 5.91 Å². The molecule has 0 radical (unpaired) electrons. The molecule has 1 aliphatic carbocycles. The van der Waals surface area contributed by atoms with E-state index >= 15 is 0 Å². The average molecular weight is 155 g/mol.